The molecule has 0 N–H and O–H groups in total. The van der Waals surface area contributed by atoms with Crippen LogP contribution in [0, 0.1) is 17.3 Å². The Hall–Kier alpha value is -2.36. The summed E-state index contributed by atoms with van der Waals surface area (Å²) in [4.78, 5) is 25.1. The number of allylic oxidation sites excluding steroid dienone is 4. The van der Waals surface area contributed by atoms with Crippen LogP contribution >= 0.6 is 0 Å². The van der Waals surface area contributed by atoms with Gasteiger partial charge in [-0.15, -0.1) is 0 Å². The zero-order chi connectivity index (χ0) is 22.1. The second-order valence-corrected chi connectivity index (χ2v) is 10.8. The van der Waals surface area contributed by atoms with E-state index in [1.54, 1.807) is 12.7 Å². The van der Waals surface area contributed by atoms with Crippen LogP contribution in [0.1, 0.15) is 76.2 Å². The molecule has 5 aliphatic rings. The molecular weight excluding hydrogens is 400 g/mol. The summed E-state index contributed by atoms with van der Waals surface area (Å²) < 4.78 is 11.4. The Kier molecular flexibility index (Phi) is 4.48. The highest BCUT2D eigenvalue weighted by atomic mass is 16.6. The number of ether oxygens (including phenoxy) is 2. The van der Waals surface area contributed by atoms with Crippen molar-refractivity contribution in [1.29, 1.82) is 0 Å². The summed E-state index contributed by atoms with van der Waals surface area (Å²) in [5.41, 5.74) is 5.31. The molecule has 32 heavy (non-hydrogen) atoms. The van der Waals surface area contributed by atoms with Crippen LogP contribution in [0.5, 0.6) is 5.75 Å². The summed E-state index contributed by atoms with van der Waals surface area (Å²) in [6.07, 6.45) is 10.7. The van der Waals surface area contributed by atoms with Gasteiger partial charge in [-0.05, 0) is 98.1 Å². The van der Waals surface area contributed by atoms with Crippen molar-refractivity contribution in [3.63, 3.8) is 0 Å². The van der Waals surface area contributed by atoms with Crippen molar-refractivity contribution in [2.75, 3.05) is 7.11 Å². The first-order valence-corrected chi connectivity index (χ1v) is 12.3. The Morgan fingerprint density at radius 2 is 1.81 bits per heavy atom. The van der Waals surface area contributed by atoms with E-state index in [0.29, 0.717) is 18.3 Å². The lowest BCUT2D eigenvalue weighted by Gasteiger charge is -2.52. The van der Waals surface area contributed by atoms with E-state index in [4.69, 9.17) is 9.47 Å². The van der Waals surface area contributed by atoms with Gasteiger partial charge >= 0.3 is 5.97 Å². The quantitative estimate of drug-likeness (QED) is 0.565. The third-order valence-corrected chi connectivity index (χ3v) is 9.69. The van der Waals surface area contributed by atoms with E-state index >= 15 is 0 Å². The molecular formula is C28H32O4. The molecule has 0 aromatic heterocycles. The van der Waals surface area contributed by atoms with Crippen LogP contribution in [-0.2, 0) is 14.3 Å². The summed E-state index contributed by atoms with van der Waals surface area (Å²) in [6.45, 7) is 2.40. The number of benzene rings is 1. The third kappa shape index (κ3) is 2.74. The second-order valence-electron chi connectivity index (χ2n) is 10.8. The number of carbonyl (C=O) groups is 2. The number of ketones is 1. The Bertz CT molecular complexity index is 1050. The molecule has 1 aliphatic heterocycles. The van der Waals surface area contributed by atoms with Gasteiger partial charge in [-0.25, -0.2) is 0 Å². The molecule has 0 bridgehead atoms. The molecule has 1 aromatic rings. The topological polar surface area (TPSA) is 52.6 Å². The number of methoxy groups -OCH3 is 1. The van der Waals surface area contributed by atoms with E-state index in [1.807, 2.05) is 30.3 Å². The second kappa shape index (κ2) is 7.07. The minimum atomic E-state index is -0.227. The Morgan fingerprint density at radius 1 is 1.00 bits per heavy atom. The van der Waals surface area contributed by atoms with Crippen molar-refractivity contribution in [2.24, 2.45) is 17.3 Å². The average molecular weight is 433 g/mol. The molecule has 2 saturated carbocycles. The Balaban J connectivity index is 1.34. The van der Waals surface area contributed by atoms with Gasteiger partial charge in [-0.3, -0.25) is 9.59 Å². The van der Waals surface area contributed by atoms with Crippen LogP contribution in [0.25, 0.3) is 0 Å². The molecule has 1 spiro atoms. The van der Waals surface area contributed by atoms with Crippen molar-refractivity contribution in [3.05, 3.63) is 52.6 Å². The van der Waals surface area contributed by atoms with E-state index in [1.165, 1.54) is 11.1 Å². The SMILES string of the molecule is COc1ccc(C2CC3=C4CC[C@@]5(C)C(CC[C@]56CCC(=O)O6)C4CCC3=CC2=O)cc1. The van der Waals surface area contributed by atoms with Gasteiger partial charge in [0.2, 0.25) is 0 Å². The molecule has 0 radical (unpaired) electrons. The van der Waals surface area contributed by atoms with Crippen LogP contribution in [0.4, 0.5) is 0 Å². The summed E-state index contributed by atoms with van der Waals surface area (Å²) in [6, 6.07) is 7.99. The Morgan fingerprint density at radius 3 is 2.53 bits per heavy atom. The average Bonchev–Trinajstić information content (AvgIpc) is 3.33. The molecule has 5 atom stereocenters. The predicted molar refractivity (Wildman–Crippen MR) is 121 cm³/mol. The first-order chi connectivity index (χ1) is 15.4. The summed E-state index contributed by atoms with van der Waals surface area (Å²) in [7, 11) is 1.67. The lowest BCUT2D eigenvalue weighted by Crippen LogP contribution is -2.49. The maximum Gasteiger partial charge on any atom is 0.306 e. The number of carbonyl (C=O) groups excluding carboxylic acids is 2. The van der Waals surface area contributed by atoms with Gasteiger partial charge in [0.1, 0.15) is 11.4 Å². The van der Waals surface area contributed by atoms with Gasteiger partial charge in [-0.2, -0.15) is 0 Å². The lowest BCUT2D eigenvalue weighted by atomic mass is 9.54. The van der Waals surface area contributed by atoms with Crippen molar-refractivity contribution < 1.29 is 19.1 Å². The summed E-state index contributed by atoms with van der Waals surface area (Å²) >= 11 is 0. The van der Waals surface area contributed by atoms with Gasteiger partial charge in [0.05, 0.1) is 13.0 Å². The van der Waals surface area contributed by atoms with Gasteiger partial charge in [0.25, 0.3) is 0 Å². The zero-order valence-corrected chi connectivity index (χ0v) is 19.1. The number of fused-ring (bicyclic) bond motifs is 5. The van der Waals surface area contributed by atoms with E-state index in [-0.39, 0.29) is 28.7 Å². The van der Waals surface area contributed by atoms with Crippen molar-refractivity contribution in [1.82, 2.24) is 0 Å². The highest BCUT2D eigenvalue weighted by Crippen LogP contribution is 2.66. The van der Waals surface area contributed by atoms with Gasteiger partial charge in [0, 0.05) is 11.8 Å². The molecule has 4 nitrogen and oxygen atoms in total. The number of rotatable bonds is 2. The number of hydrogen-bond acceptors (Lipinski definition) is 4. The fourth-order valence-electron chi connectivity index (χ4n) is 7.95. The van der Waals surface area contributed by atoms with Crippen molar-refractivity contribution in [3.8, 4) is 5.75 Å². The van der Waals surface area contributed by atoms with Gasteiger partial charge in [-0.1, -0.05) is 24.6 Å². The van der Waals surface area contributed by atoms with Gasteiger partial charge < -0.3 is 9.47 Å². The summed E-state index contributed by atoms with van der Waals surface area (Å²) in [5.74, 6) is 2.13. The zero-order valence-electron chi connectivity index (χ0n) is 19.1. The fourth-order valence-corrected chi connectivity index (χ4v) is 7.95. The molecule has 1 saturated heterocycles. The van der Waals surface area contributed by atoms with Crippen LogP contribution < -0.4 is 4.74 Å². The van der Waals surface area contributed by atoms with Crippen LogP contribution in [0.3, 0.4) is 0 Å². The molecule has 3 fully saturated rings. The first kappa shape index (κ1) is 20.3. The van der Waals surface area contributed by atoms with Crippen LogP contribution in [0.15, 0.2) is 47.1 Å². The monoisotopic (exact) mass is 432 g/mol. The Labute approximate surface area is 190 Å². The fraction of sp³-hybridized carbons (Fsp3) is 0.571. The van der Waals surface area contributed by atoms with E-state index < -0.39 is 0 Å². The highest BCUT2D eigenvalue weighted by Gasteiger charge is 2.64. The molecule has 168 valence electrons. The maximum atomic E-state index is 13.0. The largest absolute Gasteiger partial charge is 0.497 e. The van der Waals surface area contributed by atoms with Crippen LogP contribution in [0.2, 0.25) is 0 Å². The molecule has 1 heterocycles. The summed E-state index contributed by atoms with van der Waals surface area (Å²) in [5, 5.41) is 0. The van der Waals surface area contributed by atoms with Gasteiger partial charge in [0.15, 0.2) is 5.78 Å². The third-order valence-electron chi connectivity index (χ3n) is 9.69. The molecule has 4 heteroatoms. The molecule has 0 amide bonds. The minimum absolute atomic E-state index is 0.00184. The number of hydrogen-bond donors (Lipinski definition) is 0. The lowest BCUT2D eigenvalue weighted by molar-refractivity contribution is -0.161. The van der Waals surface area contributed by atoms with E-state index in [0.717, 1.165) is 62.7 Å². The molecule has 4 aliphatic carbocycles. The van der Waals surface area contributed by atoms with Crippen LogP contribution in [-0.4, -0.2) is 24.5 Å². The molecule has 1 aromatic carbocycles. The standard InChI is InChI=1S/C28H32O4/c1-27-12-9-20-21(24(27)10-13-28(27)14-11-26(30)32-28)8-5-18-15-25(29)23(16-22(18)20)17-3-6-19(31-2)7-4-17/h3-4,6-7,15,21,23-24H,5,8-14,16H2,1-2H3/t21?,23?,24?,27-,28-/m0/s1. The minimum Gasteiger partial charge on any atom is -0.497 e. The van der Waals surface area contributed by atoms with Crippen molar-refractivity contribution in [2.45, 2.75) is 76.2 Å². The smallest absolute Gasteiger partial charge is 0.306 e. The molecule has 3 unspecified atom stereocenters. The van der Waals surface area contributed by atoms with E-state index in [9.17, 15) is 9.59 Å². The predicted octanol–water partition coefficient (Wildman–Crippen LogP) is 5.67. The maximum absolute atomic E-state index is 13.0. The highest BCUT2D eigenvalue weighted by molar-refractivity contribution is 5.98. The normalized spacial score (nSPS) is 38.2. The van der Waals surface area contributed by atoms with E-state index in [2.05, 4.69) is 6.92 Å². The molecule has 6 rings (SSSR count). The first-order valence-electron chi connectivity index (χ1n) is 12.3. The number of esters is 1. The van der Waals surface area contributed by atoms with Crippen molar-refractivity contribution >= 4 is 11.8 Å².